The van der Waals surface area contributed by atoms with Crippen molar-refractivity contribution < 1.29 is 8.83 Å². The summed E-state index contributed by atoms with van der Waals surface area (Å²) in [4.78, 5) is 0. The van der Waals surface area contributed by atoms with E-state index < -0.39 is 10.8 Å². The zero-order valence-electron chi connectivity index (χ0n) is 66.8. The van der Waals surface area contributed by atoms with E-state index in [1.807, 2.05) is 0 Å². The molecule has 4 heterocycles. The summed E-state index contributed by atoms with van der Waals surface area (Å²) in [5.74, 6) is 0.348. The fourth-order valence-electron chi connectivity index (χ4n) is 24.6. The molecule has 121 heavy (non-hydrogen) atoms. The van der Waals surface area contributed by atoms with Crippen LogP contribution in [0.1, 0.15) is 92.9 Å². The maximum atomic E-state index is 7.45. The lowest BCUT2D eigenvalue weighted by atomic mass is 9.69. The van der Waals surface area contributed by atoms with Crippen LogP contribution in [0.5, 0.6) is 0 Å². The van der Waals surface area contributed by atoms with Gasteiger partial charge in [-0.25, -0.2) is 0 Å². The number of hydrogen-bond acceptors (Lipinski definition) is 2. The number of furan rings is 2. The Labute approximate surface area is 698 Å². The number of para-hydroxylation sites is 4. The van der Waals surface area contributed by atoms with E-state index in [9.17, 15) is 0 Å². The molecule has 0 saturated carbocycles. The molecule has 0 bridgehead atoms. The number of nitrogens with zero attached hydrogens (tertiary/aromatic N) is 2. The first-order chi connectivity index (χ1) is 59.7. The van der Waals surface area contributed by atoms with Crippen LogP contribution in [0, 0.1) is 0 Å². The number of benzene rings is 18. The van der Waals surface area contributed by atoms with Gasteiger partial charge in [-0.05, 0) is 258 Å². The number of aryl methyl sites for hydroxylation is 2. The quantitative estimate of drug-likeness (QED) is 0.159. The lowest BCUT2D eigenvalue weighted by Crippen LogP contribution is -2.26. The predicted molar refractivity (Wildman–Crippen MR) is 498 cm³/mol. The molecule has 28 rings (SSSR count). The second kappa shape index (κ2) is 23.5. The van der Waals surface area contributed by atoms with E-state index in [0.717, 1.165) is 56.8 Å². The van der Waals surface area contributed by atoms with Crippen molar-refractivity contribution in [3.05, 3.63) is 431 Å². The monoisotopic (exact) mass is 1540 g/mol. The van der Waals surface area contributed by atoms with Crippen LogP contribution in [-0.2, 0) is 29.8 Å². The molecule has 4 aromatic heterocycles. The molecule has 6 aliphatic carbocycles. The molecule has 0 amide bonds. The lowest BCUT2D eigenvalue weighted by molar-refractivity contribution is 0.489. The highest BCUT2D eigenvalue weighted by atomic mass is 16.3. The summed E-state index contributed by atoms with van der Waals surface area (Å²) in [5, 5.41) is 9.55. The number of fused-ring (bicyclic) bond motifs is 40. The Kier molecular flexibility index (Phi) is 12.9. The van der Waals surface area contributed by atoms with Gasteiger partial charge in [-0.15, -0.1) is 0 Å². The normalized spacial score (nSPS) is 15.9. The minimum absolute atomic E-state index is 0.326. The van der Waals surface area contributed by atoms with Gasteiger partial charge in [-0.3, -0.25) is 0 Å². The summed E-state index contributed by atoms with van der Waals surface area (Å²) in [6.07, 6.45) is 0.884. The molecule has 4 heteroatoms. The highest BCUT2D eigenvalue weighted by Gasteiger charge is 2.55. The average Bonchev–Trinajstić information content (AvgIpc) is 1.50. The van der Waals surface area contributed by atoms with Gasteiger partial charge in [-0.2, -0.15) is 0 Å². The number of aromatic nitrogens is 2. The van der Waals surface area contributed by atoms with Crippen LogP contribution in [0.25, 0.3) is 199 Å². The standard InChI is InChI=1S/C117H74N2O2/c1-66-73-24-4-5-25-75(73)89-58-67(44-50-74(66)89)69-45-51-83-99(62-69)116(95-36-16-7-26-76(95)77-27-8-17-37-96(77)116)101-64-87(109-85-33-13-22-42-107(85)120-113(109)111(83)101)71-47-53-94-90(60-71)80-30-6-15-35-93(80)115(94,2)56-57-119-105-41-21-12-32-82(105)92-59-68(48-55-106(92)119)70-46-52-84-100(63-70)117(97-38-18-9-28-78(97)79-29-10-19-39-98(79)117)102-65-88(110-86-34-14-23-43-108(86)121-114(110)112(84)102)72-49-54-104-91(61-72)81-31-11-20-40-103(81)118(104)3/h4-55,58-66H,56-57H2,1-3H3. The minimum Gasteiger partial charge on any atom is -0.455 e. The van der Waals surface area contributed by atoms with Gasteiger partial charge in [0.15, 0.2) is 0 Å². The third kappa shape index (κ3) is 8.30. The summed E-state index contributed by atoms with van der Waals surface area (Å²) >= 11 is 0. The van der Waals surface area contributed by atoms with Crippen molar-refractivity contribution in [2.45, 2.75) is 49.0 Å². The third-order valence-corrected chi connectivity index (χ3v) is 29.9. The van der Waals surface area contributed by atoms with Crippen molar-refractivity contribution in [2.24, 2.45) is 7.05 Å². The molecular formula is C117H74N2O2. The molecular weight excluding hydrogens is 1470 g/mol. The Balaban J connectivity index is 0.574. The van der Waals surface area contributed by atoms with Gasteiger partial charge in [0.05, 0.1) is 10.8 Å². The van der Waals surface area contributed by atoms with E-state index in [4.69, 9.17) is 8.83 Å². The summed E-state index contributed by atoms with van der Waals surface area (Å²) in [7, 11) is 2.19. The molecule has 18 aromatic carbocycles. The summed E-state index contributed by atoms with van der Waals surface area (Å²) < 4.78 is 19.8. The smallest absolute Gasteiger partial charge is 0.144 e. The Hall–Kier alpha value is -14.8. The van der Waals surface area contributed by atoms with Gasteiger partial charge in [0.1, 0.15) is 22.3 Å². The Morgan fingerprint density at radius 3 is 1.24 bits per heavy atom. The third-order valence-electron chi connectivity index (χ3n) is 29.9. The second-order valence-electron chi connectivity index (χ2n) is 35.2. The van der Waals surface area contributed by atoms with Crippen LogP contribution in [0.4, 0.5) is 0 Å². The van der Waals surface area contributed by atoms with Crippen LogP contribution in [0.2, 0.25) is 0 Å². The average molecular weight is 1540 g/mol. The second-order valence-corrected chi connectivity index (χ2v) is 35.2. The zero-order chi connectivity index (χ0) is 79.2. The highest BCUT2D eigenvalue weighted by Crippen LogP contribution is 2.69. The summed E-state index contributed by atoms with van der Waals surface area (Å²) in [6, 6.07) is 139. The molecule has 0 saturated heterocycles. The molecule has 0 fully saturated rings. The van der Waals surface area contributed by atoms with Crippen LogP contribution < -0.4 is 0 Å². The first-order valence-corrected chi connectivity index (χ1v) is 42.8. The Morgan fingerprint density at radius 1 is 0.264 bits per heavy atom. The zero-order valence-corrected chi connectivity index (χ0v) is 66.8. The largest absolute Gasteiger partial charge is 0.455 e. The predicted octanol–water partition coefficient (Wildman–Crippen LogP) is 30.1. The molecule has 0 radical (unpaired) electrons. The summed E-state index contributed by atoms with van der Waals surface area (Å²) in [6.45, 7) is 5.67. The number of rotatable bonds is 7. The molecule has 22 aromatic rings. The lowest BCUT2D eigenvalue weighted by Gasteiger charge is -2.31. The Bertz CT molecular complexity index is 8400. The van der Waals surface area contributed by atoms with E-state index in [0.29, 0.717) is 5.92 Å². The fraction of sp³-hybridized carbons (Fsp3) is 0.0769. The van der Waals surface area contributed by atoms with Gasteiger partial charge >= 0.3 is 0 Å². The van der Waals surface area contributed by atoms with Crippen molar-refractivity contribution in [3.63, 3.8) is 0 Å². The van der Waals surface area contributed by atoms with Crippen molar-refractivity contribution in [3.8, 4) is 111 Å². The first-order valence-electron chi connectivity index (χ1n) is 42.8. The molecule has 4 nitrogen and oxygen atoms in total. The van der Waals surface area contributed by atoms with Crippen molar-refractivity contribution in [1.29, 1.82) is 0 Å². The maximum absolute atomic E-state index is 7.45. The minimum atomic E-state index is -0.659. The number of hydrogen-bond donors (Lipinski definition) is 0. The fourth-order valence-corrected chi connectivity index (χ4v) is 24.6. The van der Waals surface area contributed by atoms with E-state index in [-0.39, 0.29) is 5.41 Å². The first kappa shape index (κ1) is 66.2. The SMILES string of the molecule is CC1c2ccccc2-c2cc(-c3ccc4c(c3)C3(c5ccccc5-c5ccccc53)c3cc(-c5ccc6c(c5)-c5ccccc5C6(C)CCn5c6ccccc6c6cc(-c7ccc8c(c7)C7(c9ccccc9-c9ccccc97)c7cc(-c9ccc%10c(c9)c9ccccc9n%10C)c9c(oc%10ccccc%109)c7-8)ccc65)c5c(oc6ccccc65)c3-4)ccc21. The molecule has 0 aliphatic heterocycles. The van der Waals surface area contributed by atoms with Gasteiger partial charge in [0.2, 0.25) is 0 Å². The molecule has 0 N–H and O–H groups in total. The highest BCUT2D eigenvalue weighted by molar-refractivity contribution is 6.22. The Morgan fingerprint density at radius 2 is 0.645 bits per heavy atom. The van der Waals surface area contributed by atoms with Crippen LogP contribution >= 0.6 is 0 Å². The molecule has 2 atom stereocenters. The topological polar surface area (TPSA) is 36.1 Å². The van der Waals surface area contributed by atoms with Gasteiger partial charge in [-0.1, -0.05) is 293 Å². The van der Waals surface area contributed by atoms with Gasteiger partial charge in [0, 0.05) is 101 Å². The molecule has 2 unspecified atom stereocenters. The summed E-state index contributed by atoms with van der Waals surface area (Å²) in [5.41, 5.74) is 47.4. The van der Waals surface area contributed by atoms with Crippen LogP contribution in [0.3, 0.4) is 0 Å². The van der Waals surface area contributed by atoms with Crippen molar-refractivity contribution in [1.82, 2.24) is 9.13 Å². The van der Waals surface area contributed by atoms with Gasteiger partial charge in [0.25, 0.3) is 0 Å². The van der Waals surface area contributed by atoms with E-state index in [1.165, 1.54) is 222 Å². The molecule has 564 valence electrons. The van der Waals surface area contributed by atoms with Crippen LogP contribution in [0.15, 0.2) is 373 Å². The van der Waals surface area contributed by atoms with E-state index >= 15 is 0 Å². The van der Waals surface area contributed by atoms with Crippen molar-refractivity contribution >= 4 is 87.5 Å². The van der Waals surface area contributed by atoms with E-state index in [1.54, 1.807) is 0 Å². The van der Waals surface area contributed by atoms with Crippen LogP contribution in [-0.4, -0.2) is 9.13 Å². The molecule has 6 aliphatic rings. The molecule has 2 spiro atoms. The van der Waals surface area contributed by atoms with Gasteiger partial charge < -0.3 is 18.0 Å². The maximum Gasteiger partial charge on any atom is 0.144 e. The van der Waals surface area contributed by atoms with Crippen molar-refractivity contribution in [2.75, 3.05) is 0 Å². The van der Waals surface area contributed by atoms with E-state index in [2.05, 4.69) is 394 Å².